The molecule has 0 aliphatic carbocycles. The first kappa shape index (κ1) is 16.7. The molecule has 21 heavy (non-hydrogen) atoms. The monoisotopic (exact) mass is 298 g/mol. The number of hydrogen-bond acceptors (Lipinski definition) is 4. The van der Waals surface area contributed by atoms with Crippen LogP contribution in [0, 0.1) is 5.92 Å². The predicted molar refractivity (Wildman–Crippen MR) is 82.5 cm³/mol. The molecule has 0 saturated carbocycles. The van der Waals surface area contributed by atoms with E-state index in [9.17, 15) is 4.79 Å². The van der Waals surface area contributed by atoms with Gasteiger partial charge < -0.3 is 14.7 Å². The average molecular weight is 298 g/mol. The first-order chi connectivity index (χ1) is 10.0. The highest BCUT2D eigenvalue weighted by Gasteiger charge is 2.26. The third kappa shape index (κ3) is 5.93. The van der Waals surface area contributed by atoms with Gasteiger partial charge in [-0.3, -0.25) is 9.69 Å². The van der Waals surface area contributed by atoms with Gasteiger partial charge in [-0.1, -0.05) is 0 Å². The summed E-state index contributed by atoms with van der Waals surface area (Å²) in [5.41, 5.74) is 0. The van der Waals surface area contributed by atoms with Gasteiger partial charge in [0.15, 0.2) is 0 Å². The lowest BCUT2D eigenvalue weighted by molar-refractivity contribution is -0.137. The fourth-order valence-electron chi connectivity index (χ4n) is 3.65. The summed E-state index contributed by atoms with van der Waals surface area (Å²) in [5.74, 6) is 0.110. The van der Waals surface area contributed by atoms with Crippen molar-refractivity contribution < 1.29 is 14.6 Å². The molecule has 0 bridgehead atoms. The van der Waals surface area contributed by atoms with Gasteiger partial charge in [-0.15, -0.1) is 0 Å². The maximum atomic E-state index is 10.5. The molecule has 2 aliphatic heterocycles. The van der Waals surface area contributed by atoms with Crippen LogP contribution in [0.1, 0.15) is 39.5 Å². The van der Waals surface area contributed by atoms with Crippen LogP contribution in [0.15, 0.2) is 0 Å². The Kier molecular flexibility index (Phi) is 6.45. The van der Waals surface area contributed by atoms with E-state index in [2.05, 4.69) is 23.6 Å². The van der Waals surface area contributed by atoms with Crippen LogP contribution in [-0.4, -0.2) is 72.4 Å². The molecule has 0 aromatic heterocycles. The third-order valence-corrected chi connectivity index (χ3v) is 4.58. The van der Waals surface area contributed by atoms with Crippen molar-refractivity contribution in [1.29, 1.82) is 0 Å². The number of rotatable bonds is 6. The van der Waals surface area contributed by atoms with E-state index in [1.807, 2.05) is 0 Å². The van der Waals surface area contributed by atoms with E-state index in [4.69, 9.17) is 9.84 Å². The van der Waals surface area contributed by atoms with Crippen molar-refractivity contribution in [2.75, 3.05) is 39.3 Å². The highest BCUT2D eigenvalue weighted by molar-refractivity contribution is 5.66. The van der Waals surface area contributed by atoms with E-state index >= 15 is 0 Å². The molecule has 5 heteroatoms. The van der Waals surface area contributed by atoms with Gasteiger partial charge in [0.1, 0.15) is 0 Å². The number of likely N-dealkylation sites (tertiary alicyclic amines) is 1. The highest BCUT2D eigenvalue weighted by atomic mass is 16.5. The van der Waals surface area contributed by atoms with E-state index in [-0.39, 0.29) is 0 Å². The summed E-state index contributed by atoms with van der Waals surface area (Å²) in [6, 6.07) is 0. The Morgan fingerprint density at radius 3 is 2.33 bits per heavy atom. The van der Waals surface area contributed by atoms with Crippen LogP contribution in [0.25, 0.3) is 0 Å². The van der Waals surface area contributed by atoms with E-state index in [1.165, 1.54) is 19.4 Å². The number of aliphatic carboxylic acids is 1. The second-order valence-electron chi connectivity index (χ2n) is 6.76. The van der Waals surface area contributed by atoms with Gasteiger partial charge in [-0.25, -0.2) is 0 Å². The summed E-state index contributed by atoms with van der Waals surface area (Å²) >= 11 is 0. The normalized spacial score (nSPS) is 29.6. The standard InChI is InChI=1S/C16H30N2O3/c1-13-10-18(11-14(2)21-13)12-15-5-8-17(9-6-15)7-3-4-16(19)20/h13-15H,3-12H2,1-2H3,(H,19,20). The van der Waals surface area contributed by atoms with Crippen LogP contribution in [0.2, 0.25) is 0 Å². The zero-order valence-corrected chi connectivity index (χ0v) is 13.5. The highest BCUT2D eigenvalue weighted by Crippen LogP contribution is 2.21. The topological polar surface area (TPSA) is 53.0 Å². The molecule has 1 N–H and O–H groups in total. The Bertz CT molecular complexity index is 319. The zero-order chi connectivity index (χ0) is 15.2. The molecule has 122 valence electrons. The summed E-state index contributed by atoms with van der Waals surface area (Å²) in [5, 5.41) is 8.68. The van der Waals surface area contributed by atoms with Crippen LogP contribution >= 0.6 is 0 Å². The van der Waals surface area contributed by atoms with Crippen molar-refractivity contribution in [3.8, 4) is 0 Å². The van der Waals surface area contributed by atoms with Gasteiger partial charge in [0.2, 0.25) is 0 Å². The minimum Gasteiger partial charge on any atom is -0.481 e. The van der Waals surface area contributed by atoms with Crippen LogP contribution in [0.5, 0.6) is 0 Å². The predicted octanol–water partition coefficient (Wildman–Crippen LogP) is 1.67. The SMILES string of the molecule is CC1CN(CC2CCN(CCCC(=O)O)CC2)CC(C)O1. The largest absolute Gasteiger partial charge is 0.481 e. The average Bonchev–Trinajstić information content (AvgIpc) is 2.39. The van der Waals surface area contributed by atoms with Gasteiger partial charge in [0.05, 0.1) is 12.2 Å². The molecular weight excluding hydrogens is 268 g/mol. The Hall–Kier alpha value is -0.650. The summed E-state index contributed by atoms with van der Waals surface area (Å²) in [7, 11) is 0. The van der Waals surface area contributed by atoms with Gasteiger partial charge >= 0.3 is 5.97 Å². The molecule has 0 aromatic rings. The molecule has 0 radical (unpaired) electrons. The molecule has 2 atom stereocenters. The van der Waals surface area contributed by atoms with Gasteiger partial charge in [0, 0.05) is 26.1 Å². The Labute approximate surface area is 128 Å². The molecule has 2 saturated heterocycles. The second kappa shape index (κ2) is 8.11. The summed E-state index contributed by atoms with van der Waals surface area (Å²) in [6.45, 7) is 10.8. The fourth-order valence-corrected chi connectivity index (χ4v) is 3.65. The van der Waals surface area contributed by atoms with E-state index in [1.54, 1.807) is 0 Å². The number of carboxylic acid groups (broad SMARTS) is 1. The molecule has 2 aliphatic rings. The summed E-state index contributed by atoms with van der Waals surface area (Å²) < 4.78 is 5.79. The first-order valence-electron chi connectivity index (χ1n) is 8.35. The smallest absolute Gasteiger partial charge is 0.303 e. The minimum atomic E-state index is -0.680. The van der Waals surface area contributed by atoms with Crippen LogP contribution in [0.4, 0.5) is 0 Å². The number of piperidine rings is 1. The molecule has 0 amide bonds. The Morgan fingerprint density at radius 1 is 1.14 bits per heavy atom. The zero-order valence-electron chi connectivity index (χ0n) is 13.5. The Morgan fingerprint density at radius 2 is 1.76 bits per heavy atom. The van der Waals surface area contributed by atoms with Crippen molar-refractivity contribution in [2.24, 2.45) is 5.92 Å². The maximum absolute atomic E-state index is 10.5. The molecular formula is C16H30N2O3. The number of nitrogens with zero attached hydrogens (tertiary/aromatic N) is 2. The maximum Gasteiger partial charge on any atom is 0.303 e. The number of carboxylic acids is 1. The lowest BCUT2D eigenvalue weighted by atomic mass is 9.95. The fraction of sp³-hybridized carbons (Fsp3) is 0.938. The number of morpholine rings is 1. The number of carbonyl (C=O) groups is 1. The van der Waals surface area contributed by atoms with E-state index in [0.29, 0.717) is 18.6 Å². The van der Waals surface area contributed by atoms with E-state index < -0.39 is 5.97 Å². The lowest BCUT2D eigenvalue weighted by Crippen LogP contribution is -2.48. The molecule has 2 fully saturated rings. The summed E-state index contributed by atoms with van der Waals surface area (Å²) in [6.07, 6.45) is 4.26. The number of ether oxygens (including phenoxy) is 1. The first-order valence-corrected chi connectivity index (χ1v) is 8.35. The molecule has 2 heterocycles. The van der Waals surface area contributed by atoms with Gasteiger partial charge in [-0.2, -0.15) is 0 Å². The Balaban J connectivity index is 1.63. The summed E-state index contributed by atoms with van der Waals surface area (Å²) in [4.78, 5) is 15.5. The van der Waals surface area contributed by atoms with Crippen molar-refractivity contribution >= 4 is 5.97 Å². The molecule has 5 nitrogen and oxygen atoms in total. The van der Waals surface area contributed by atoms with Crippen LogP contribution in [-0.2, 0) is 9.53 Å². The van der Waals surface area contributed by atoms with Crippen molar-refractivity contribution in [1.82, 2.24) is 9.80 Å². The second-order valence-corrected chi connectivity index (χ2v) is 6.76. The quantitative estimate of drug-likeness (QED) is 0.808. The minimum absolute atomic E-state index is 0.295. The van der Waals surface area contributed by atoms with Crippen molar-refractivity contribution in [3.63, 3.8) is 0 Å². The molecule has 2 rings (SSSR count). The van der Waals surface area contributed by atoms with Crippen molar-refractivity contribution in [2.45, 2.75) is 51.7 Å². The molecule has 0 spiro atoms. The number of hydrogen-bond donors (Lipinski definition) is 1. The van der Waals surface area contributed by atoms with Gasteiger partial charge in [-0.05, 0) is 58.7 Å². The van der Waals surface area contributed by atoms with Crippen LogP contribution in [0.3, 0.4) is 0 Å². The van der Waals surface area contributed by atoms with Crippen molar-refractivity contribution in [3.05, 3.63) is 0 Å². The van der Waals surface area contributed by atoms with E-state index in [0.717, 1.165) is 45.1 Å². The third-order valence-electron chi connectivity index (χ3n) is 4.58. The molecule has 0 aromatic carbocycles. The van der Waals surface area contributed by atoms with Gasteiger partial charge in [0.25, 0.3) is 0 Å². The van der Waals surface area contributed by atoms with Crippen LogP contribution < -0.4 is 0 Å². The molecule has 2 unspecified atom stereocenters. The lowest BCUT2D eigenvalue weighted by Gasteiger charge is -2.39.